The highest BCUT2D eigenvalue weighted by atomic mass is 16.5. The average molecular weight is 266 g/mol. The van der Waals surface area contributed by atoms with Gasteiger partial charge < -0.3 is 14.6 Å². The molecule has 1 rings (SSSR count). The number of benzene rings is 1. The Balaban J connectivity index is 2.73. The van der Waals surface area contributed by atoms with Gasteiger partial charge in [-0.1, -0.05) is 32.0 Å². The van der Waals surface area contributed by atoms with E-state index in [0.717, 1.165) is 17.7 Å². The highest BCUT2D eigenvalue weighted by molar-refractivity contribution is 5.72. The van der Waals surface area contributed by atoms with Crippen LogP contribution in [-0.2, 0) is 9.53 Å². The van der Waals surface area contributed by atoms with Crippen LogP contribution in [0, 0.1) is 0 Å². The number of ether oxygens (including phenoxy) is 2. The molecule has 0 saturated carbocycles. The van der Waals surface area contributed by atoms with Gasteiger partial charge in [-0.15, -0.1) is 0 Å². The van der Waals surface area contributed by atoms with E-state index in [9.17, 15) is 4.79 Å². The highest BCUT2D eigenvalue weighted by Crippen LogP contribution is 2.28. The first-order valence-corrected chi connectivity index (χ1v) is 6.66. The molecule has 0 saturated heterocycles. The van der Waals surface area contributed by atoms with Gasteiger partial charge in [-0.2, -0.15) is 0 Å². The molecule has 4 nitrogen and oxygen atoms in total. The van der Waals surface area contributed by atoms with E-state index in [1.807, 2.05) is 24.3 Å². The normalized spacial score (nSPS) is 13.8. The van der Waals surface area contributed by atoms with E-state index < -0.39 is 12.1 Å². The Morgan fingerprint density at radius 3 is 2.58 bits per heavy atom. The molecule has 0 heterocycles. The van der Waals surface area contributed by atoms with Gasteiger partial charge in [0.25, 0.3) is 0 Å². The first-order valence-electron chi connectivity index (χ1n) is 6.66. The Morgan fingerprint density at radius 1 is 1.32 bits per heavy atom. The summed E-state index contributed by atoms with van der Waals surface area (Å²) in [5.74, 6) is 0.122. The van der Waals surface area contributed by atoms with E-state index in [4.69, 9.17) is 14.6 Å². The summed E-state index contributed by atoms with van der Waals surface area (Å²) < 4.78 is 10.8. The molecular formula is C15H22O4. The summed E-state index contributed by atoms with van der Waals surface area (Å²) >= 11 is 0. The quantitative estimate of drug-likeness (QED) is 0.785. The summed E-state index contributed by atoms with van der Waals surface area (Å²) in [6.07, 6.45) is 0.0868. The zero-order valence-corrected chi connectivity index (χ0v) is 11.8. The SMILES string of the molecule is CCOC(COc1ccccc1C(C)CC)C(=O)O. The number of aliphatic carboxylic acids is 1. The third-order valence-electron chi connectivity index (χ3n) is 3.10. The lowest BCUT2D eigenvalue weighted by Crippen LogP contribution is -2.30. The van der Waals surface area contributed by atoms with Crippen LogP contribution in [0.15, 0.2) is 24.3 Å². The van der Waals surface area contributed by atoms with Crippen LogP contribution in [0.4, 0.5) is 0 Å². The van der Waals surface area contributed by atoms with Gasteiger partial charge in [0.2, 0.25) is 0 Å². The molecule has 4 heteroatoms. The number of carboxylic acid groups (broad SMARTS) is 1. The second-order valence-corrected chi connectivity index (χ2v) is 4.44. The lowest BCUT2D eigenvalue weighted by atomic mass is 9.98. The van der Waals surface area contributed by atoms with Crippen molar-refractivity contribution in [2.45, 2.75) is 39.2 Å². The third kappa shape index (κ3) is 4.56. The van der Waals surface area contributed by atoms with Crippen LogP contribution in [0.25, 0.3) is 0 Å². The van der Waals surface area contributed by atoms with Crippen molar-refractivity contribution < 1.29 is 19.4 Å². The Labute approximate surface area is 114 Å². The van der Waals surface area contributed by atoms with Crippen LogP contribution >= 0.6 is 0 Å². The van der Waals surface area contributed by atoms with Crippen molar-refractivity contribution in [3.8, 4) is 5.75 Å². The van der Waals surface area contributed by atoms with Crippen molar-refractivity contribution in [1.82, 2.24) is 0 Å². The maximum absolute atomic E-state index is 11.0. The maximum Gasteiger partial charge on any atom is 0.336 e. The van der Waals surface area contributed by atoms with Gasteiger partial charge in [-0.3, -0.25) is 0 Å². The van der Waals surface area contributed by atoms with Crippen LogP contribution in [0.3, 0.4) is 0 Å². The van der Waals surface area contributed by atoms with Gasteiger partial charge in [0.1, 0.15) is 12.4 Å². The number of para-hydroxylation sites is 1. The lowest BCUT2D eigenvalue weighted by Gasteiger charge is -2.18. The largest absolute Gasteiger partial charge is 0.490 e. The number of carboxylic acids is 1. The van der Waals surface area contributed by atoms with Gasteiger partial charge in [-0.05, 0) is 30.9 Å². The van der Waals surface area contributed by atoms with Crippen LogP contribution in [0.1, 0.15) is 38.7 Å². The molecule has 0 aliphatic carbocycles. The van der Waals surface area contributed by atoms with Crippen molar-refractivity contribution in [2.75, 3.05) is 13.2 Å². The molecule has 1 N–H and O–H groups in total. The third-order valence-corrected chi connectivity index (χ3v) is 3.10. The smallest absolute Gasteiger partial charge is 0.336 e. The summed E-state index contributed by atoms with van der Waals surface area (Å²) in [6, 6.07) is 7.73. The van der Waals surface area contributed by atoms with Crippen molar-refractivity contribution in [3.63, 3.8) is 0 Å². The standard InChI is InChI=1S/C15H22O4/c1-4-11(3)12-8-6-7-9-13(12)19-10-14(15(16)17)18-5-2/h6-9,11,14H,4-5,10H2,1-3H3,(H,16,17). The van der Waals surface area contributed by atoms with Gasteiger partial charge >= 0.3 is 5.97 Å². The number of carbonyl (C=O) groups is 1. The number of rotatable bonds is 8. The second-order valence-electron chi connectivity index (χ2n) is 4.44. The first-order chi connectivity index (χ1) is 9.10. The molecule has 0 bridgehead atoms. The average Bonchev–Trinajstić information content (AvgIpc) is 2.42. The molecule has 0 radical (unpaired) electrons. The molecular weight excluding hydrogens is 244 g/mol. The van der Waals surface area contributed by atoms with Crippen LogP contribution in [0.2, 0.25) is 0 Å². The Bertz CT molecular complexity index is 403. The van der Waals surface area contributed by atoms with Crippen LogP contribution in [-0.4, -0.2) is 30.4 Å². The zero-order chi connectivity index (χ0) is 14.3. The maximum atomic E-state index is 11.0. The molecule has 0 aliphatic rings. The number of hydrogen-bond acceptors (Lipinski definition) is 3. The minimum absolute atomic E-state index is 0.0244. The Kier molecular flexibility index (Phi) is 6.36. The summed E-state index contributed by atoms with van der Waals surface area (Å²) in [4.78, 5) is 11.0. The molecule has 0 aromatic heterocycles. The van der Waals surface area contributed by atoms with E-state index in [-0.39, 0.29) is 6.61 Å². The fourth-order valence-corrected chi connectivity index (χ4v) is 1.80. The molecule has 0 amide bonds. The fourth-order valence-electron chi connectivity index (χ4n) is 1.80. The van der Waals surface area contributed by atoms with E-state index in [2.05, 4.69) is 13.8 Å². The van der Waals surface area contributed by atoms with Crippen LogP contribution in [0.5, 0.6) is 5.75 Å². The molecule has 1 aromatic carbocycles. The van der Waals surface area contributed by atoms with Crippen molar-refractivity contribution in [2.24, 2.45) is 0 Å². The molecule has 0 fully saturated rings. The van der Waals surface area contributed by atoms with Crippen molar-refractivity contribution in [3.05, 3.63) is 29.8 Å². The Morgan fingerprint density at radius 2 is 2.00 bits per heavy atom. The lowest BCUT2D eigenvalue weighted by molar-refractivity contribution is -0.152. The van der Waals surface area contributed by atoms with E-state index in [0.29, 0.717) is 12.5 Å². The molecule has 106 valence electrons. The predicted octanol–water partition coefficient (Wildman–Crippen LogP) is 3.07. The summed E-state index contributed by atoms with van der Waals surface area (Å²) in [7, 11) is 0. The van der Waals surface area contributed by atoms with Crippen molar-refractivity contribution >= 4 is 5.97 Å². The van der Waals surface area contributed by atoms with Gasteiger partial charge in [0, 0.05) is 6.61 Å². The predicted molar refractivity (Wildman–Crippen MR) is 73.7 cm³/mol. The molecule has 19 heavy (non-hydrogen) atoms. The zero-order valence-electron chi connectivity index (χ0n) is 11.8. The second kappa shape index (κ2) is 7.79. The minimum atomic E-state index is -0.997. The topological polar surface area (TPSA) is 55.8 Å². The van der Waals surface area contributed by atoms with Crippen molar-refractivity contribution in [1.29, 1.82) is 0 Å². The molecule has 0 spiro atoms. The fraction of sp³-hybridized carbons (Fsp3) is 0.533. The summed E-state index contributed by atoms with van der Waals surface area (Å²) in [5, 5.41) is 9.00. The highest BCUT2D eigenvalue weighted by Gasteiger charge is 2.19. The Hall–Kier alpha value is -1.55. The number of hydrogen-bond donors (Lipinski definition) is 1. The van der Waals surface area contributed by atoms with Gasteiger partial charge in [-0.25, -0.2) is 4.79 Å². The van der Waals surface area contributed by atoms with Crippen LogP contribution < -0.4 is 4.74 Å². The van der Waals surface area contributed by atoms with E-state index >= 15 is 0 Å². The summed E-state index contributed by atoms with van der Waals surface area (Å²) in [5.41, 5.74) is 1.10. The first kappa shape index (κ1) is 15.5. The van der Waals surface area contributed by atoms with Gasteiger partial charge in [0.15, 0.2) is 6.10 Å². The van der Waals surface area contributed by atoms with E-state index in [1.54, 1.807) is 6.92 Å². The summed E-state index contributed by atoms with van der Waals surface area (Å²) in [6.45, 7) is 6.38. The monoisotopic (exact) mass is 266 g/mol. The molecule has 1 aromatic rings. The molecule has 2 atom stereocenters. The van der Waals surface area contributed by atoms with Gasteiger partial charge in [0.05, 0.1) is 0 Å². The molecule has 2 unspecified atom stereocenters. The van der Waals surface area contributed by atoms with E-state index in [1.165, 1.54) is 0 Å². The minimum Gasteiger partial charge on any atom is -0.490 e. The molecule has 0 aliphatic heterocycles.